The van der Waals surface area contributed by atoms with Gasteiger partial charge >= 0.3 is 0 Å². The monoisotopic (exact) mass is 483 g/mol. The van der Waals surface area contributed by atoms with E-state index in [-0.39, 0.29) is 5.75 Å². The molecule has 170 valence electrons. The summed E-state index contributed by atoms with van der Waals surface area (Å²) in [7, 11) is -3.59. The first-order valence-electron chi connectivity index (χ1n) is 10.1. The minimum absolute atomic E-state index is 0.178. The molecule has 0 saturated carbocycles. The predicted molar refractivity (Wildman–Crippen MR) is 128 cm³/mol. The molecule has 0 bridgehead atoms. The second kappa shape index (κ2) is 9.21. The highest BCUT2D eigenvalue weighted by atomic mass is 35.5. The van der Waals surface area contributed by atoms with Crippen LogP contribution in [-0.2, 0) is 15.8 Å². The predicted octanol–water partition coefficient (Wildman–Crippen LogP) is 4.98. The average Bonchev–Trinajstić information content (AvgIpc) is 3.02. The number of aryl methyl sites for hydroxylation is 1. The van der Waals surface area contributed by atoms with Gasteiger partial charge in [0.05, 0.1) is 11.4 Å². The summed E-state index contributed by atoms with van der Waals surface area (Å²) >= 11 is 5.93. The maximum atomic E-state index is 12.4. The van der Waals surface area contributed by atoms with E-state index in [1.54, 1.807) is 65.3 Å². The van der Waals surface area contributed by atoms with Crippen LogP contribution in [0.3, 0.4) is 0 Å². The van der Waals surface area contributed by atoms with Crippen LogP contribution >= 0.6 is 11.6 Å². The van der Waals surface area contributed by atoms with E-state index in [0.717, 1.165) is 17.0 Å². The third kappa shape index (κ3) is 5.50. The molecule has 4 aromatic rings. The second-order valence-corrected chi connectivity index (χ2v) is 9.71. The number of sulfonamides is 1. The zero-order valence-corrected chi connectivity index (χ0v) is 19.9. The van der Waals surface area contributed by atoms with Crippen molar-refractivity contribution in [1.82, 2.24) is 20.0 Å². The van der Waals surface area contributed by atoms with Crippen LogP contribution in [0.4, 0.5) is 5.69 Å². The van der Waals surface area contributed by atoms with Gasteiger partial charge in [0.15, 0.2) is 5.82 Å². The van der Waals surface area contributed by atoms with Gasteiger partial charge in [-0.15, -0.1) is 10.2 Å². The summed E-state index contributed by atoms with van der Waals surface area (Å²) in [5.41, 5.74) is 4.08. The Bertz CT molecular complexity index is 1380. The van der Waals surface area contributed by atoms with Crippen molar-refractivity contribution in [3.8, 4) is 17.4 Å². The van der Waals surface area contributed by atoms with Crippen molar-refractivity contribution in [3.63, 3.8) is 0 Å². The SMILES string of the molecule is Cc1nn(-c2ccc(Oc3ccc(NS(=O)(=O)Cc4cccc(Cl)c4)cc3)nn2)c(C)c1C. The van der Waals surface area contributed by atoms with E-state index in [2.05, 4.69) is 20.0 Å². The largest absolute Gasteiger partial charge is 0.438 e. The smallest absolute Gasteiger partial charge is 0.238 e. The number of nitrogens with zero attached hydrogens (tertiary/aromatic N) is 4. The Kier molecular flexibility index (Phi) is 6.35. The zero-order chi connectivity index (χ0) is 23.6. The Balaban J connectivity index is 1.40. The Hall–Kier alpha value is -3.43. The lowest BCUT2D eigenvalue weighted by molar-refractivity contribution is 0.454. The summed E-state index contributed by atoms with van der Waals surface area (Å²) in [6, 6.07) is 16.8. The molecule has 2 aromatic carbocycles. The molecule has 0 atom stereocenters. The summed E-state index contributed by atoms with van der Waals surface area (Å²) < 4.78 is 34.9. The summed E-state index contributed by atoms with van der Waals surface area (Å²) in [5.74, 6) is 1.23. The van der Waals surface area contributed by atoms with Crippen molar-refractivity contribution in [1.29, 1.82) is 0 Å². The molecule has 33 heavy (non-hydrogen) atoms. The minimum Gasteiger partial charge on any atom is -0.438 e. The number of hydrogen-bond donors (Lipinski definition) is 1. The fourth-order valence-electron chi connectivity index (χ4n) is 3.20. The van der Waals surface area contributed by atoms with Gasteiger partial charge in [-0.25, -0.2) is 13.1 Å². The van der Waals surface area contributed by atoms with Crippen LogP contribution < -0.4 is 9.46 Å². The number of nitrogens with one attached hydrogen (secondary N) is 1. The molecule has 0 aliphatic rings. The lowest BCUT2D eigenvalue weighted by Gasteiger charge is -2.10. The van der Waals surface area contributed by atoms with Crippen LogP contribution in [0.15, 0.2) is 60.7 Å². The van der Waals surface area contributed by atoms with E-state index in [4.69, 9.17) is 16.3 Å². The van der Waals surface area contributed by atoms with Gasteiger partial charge < -0.3 is 4.74 Å². The Morgan fingerprint density at radius 2 is 1.76 bits per heavy atom. The highest BCUT2D eigenvalue weighted by Gasteiger charge is 2.13. The van der Waals surface area contributed by atoms with Crippen LogP contribution in [0.5, 0.6) is 11.6 Å². The maximum Gasteiger partial charge on any atom is 0.238 e. The van der Waals surface area contributed by atoms with E-state index in [1.807, 2.05) is 20.8 Å². The van der Waals surface area contributed by atoms with Gasteiger partial charge in [-0.3, -0.25) is 4.72 Å². The molecule has 0 radical (unpaired) electrons. The number of aromatic nitrogens is 4. The fraction of sp³-hybridized carbons (Fsp3) is 0.174. The topological polar surface area (TPSA) is 99.0 Å². The number of benzene rings is 2. The highest BCUT2D eigenvalue weighted by molar-refractivity contribution is 7.91. The number of hydrogen-bond acceptors (Lipinski definition) is 6. The van der Waals surface area contributed by atoms with Gasteiger partial charge in [-0.05, 0) is 74.4 Å². The molecule has 1 N–H and O–H groups in total. The molecule has 0 fully saturated rings. The van der Waals surface area contributed by atoms with E-state index in [9.17, 15) is 8.42 Å². The average molecular weight is 484 g/mol. The quantitative estimate of drug-likeness (QED) is 0.398. The number of anilines is 1. The van der Waals surface area contributed by atoms with Crippen LogP contribution in [-0.4, -0.2) is 28.4 Å². The lowest BCUT2D eigenvalue weighted by atomic mass is 10.2. The van der Waals surface area contributed by atoms with Gasteiger partial charge in [-0.1, -0.05) is 23.7 Å². The van der Waals surface area contributed by atoms with Crippen LogP contribution in [0.25, 0.3) is 5.82 Å². The first kappa shape index (κ1) is 22.8. The standard InChI is InChI=1S/C23H22ClN5O3S/c1-15-16(2)27-29(17(15)3)22-11-12-23(26-25-22)32-21-9-7-20(8-10-21)28-33(30,31)14-18-5-4-6-19(24)13-18/h4-13,28H,14H2,1-3H3. The third-order valence-corrected chi connectivity index (χ3v) is 6.59. The summed E-state index contributed by atoms with van der Waals surface area (Å²) in [4.78, 5) is 0. The molecule has 0 saturated heterocycles. The Labute approximate surface area is 197 Å². The third-order valence-electron chi connectivity index (χ3n) is 5.09. The minimum atomic E-state index is -3.59. The summed E-state index contributed by atoms with van der Waals surface area (Å²) in [6.45, 7) is 5.94. The molecule has 0 aliphatic heterocycles. The fourth-order valence-corrected chi connectivity index (χ4v) is 4.60. The van der Waals surface area contributed by atoms with Crippen molar-refractivity contribution in [2.45, 2.75) is 26.5 Å². The molecule has 0 unspecified atom stereocenters. The maximum absolute atomic E-state index is 12.4. The zero-order valence-electron chi connectivity index (χ0n) is 18.3. The van der Waals surface area contributed by atoms with Crippen molar-refractivity contribution >= 4 is 27.3 Å². The molecule has 0 aliphatic carbocycles. The molecule has 10 heteroatoms. The van der Waals surface area contributed by atoms with E-state index >= 15 is 0 Å². The van der Waals surface area contributed by atoms with Gasteiger partial charge in [0.1, 0.15) is 5.75 Å². The van der Waals surface area contributed by atoms with Gasteiger partial charge in [0.25, 0.3) is 0 Å². The normalized spacial score (nSPS) is 11.4. The van der Waals surface area contributed by atoms with E-state index in [0.29, 0.717) is 33.7 Å². The first-order valence-corrected chi connectivity index (χ1v) is 12.1. The van der Waals surface area contributed by atoms with Gasteiger partial charge in [0, 0.05) is 22.5 Å². The van der Waals surface area contributed by atoms with Crippen molar-refractivity contribution in [3.05, 3.63) is 88.2 Å². The highest BCUT2D eigenvalue weighted by Crippen LogP contribution is 2.23. The van der Waals surface area contributed by atoms with E-state index < -0.39 is 10.0 Å². The molecule has 4 rings (SSSR count). The molecule has 8 nitrogen and oxygen atoms in total. The van der Waals surface area contributed by atoms with Crippen LogP contribution in [0.2, 0.25) is 5.02 Å². The molecular formula is C23H22ClN5O3S. The second-order valence-electron chi connectivity index (χ2n) is 7.55. The van der Waals surface area contributed by atoms with E-state index in [1.165, 1.54) is 0 Å². The number of halogens is 1. The summed E-state index contributed by atoms with van der Waals surface area (Å²) in [6.07, 6.45) is 0. The lowest BCUT2D eigenvalue weighted by Crippen LogP contribution is -2.15. The van der Waals surface area contributed by atoms with Crippen molar-refractivity contribution in [2.24, 2.45) is 0 Å². The molecule has 0 spiro atoms. The number of rotatable bonds is 7. The van der Waals surface area contributed by atoms with Gasteiger partial charge in [-0.2, -0.15) is 5.10 Å². The molecule has 2 heterocycles. The molecule has 0 amide bonds. The van der Waals surface area contributed by atoms with Crippen molar-refractivity contribution < 1.29 is 13.2 Å². The number of ether oxygens (including phenoxy) is 1. The molecular weight excluding hydrogens is 462 g/mol. The van der Waals surface area contributed by atoms with Crippen LogP contribution in [0, 0.1) is 20.8 Å². The summed E-state index contributed by atoms with van der Waals surface area (Å²) in [5, 5.41) is 13.3. The molecule has 2 aromatic heterocycles. The first-order chi connectivity index (χ1) is 15.7. The van der Waals surface area contributed by atoms with Crippen molar-refractivity contribution in [2.75, 3.05) is 4.72 Å². The Morgan fingerprint density at radius 3 is 2.36 bits per heavy atom. The van der Waals surface area contributed by atoms with Crippen LogP contribution in [0.1, 0.15) is 22.5 Å². The van der Waals surface area contributed by atoms with Gasteiger partial charge in [0.2, 0.25) is 15.9 Å². The Morgan fingerprint density at radius 1 is 1.00 bits per heavy atom.